The second-order valence-electron chi connectivity index (χ2n) is 9.05. The number of anilines is 2. The molecule has 194 valence electrons. The lowest BCUT2D eigenvalue weighted by Crippen LogP contribution is -2.37. The molecule has 3 aromatic rings. The molecule has 0 spiro atoms. The highest BCUT2D eigenvalue weighted by Crippen LogP contribution is 2.31. The summed E-state index contributed by atoms with van der Waals surface area (Å²) < 4.78 is 24.3. The molecular formula is C26H28ClN5O4S. The van der Waals surface area contributed by atoms with Crippen LogP contribution < -0.4 is 15.5 Å². The number of benzene rings is 1. The van der Waals surface area contributed by atoms with Crippen LogP contribution in [0.25, 0.3) is 0 Å². The topological polar surface area (TPSA) is 121 Å². The fraction of sp³-hybridized carbons (Fsp3) is 0.308. The van der Waals surface area contributed by atoms with Crippen LogP contribution in [0.5, 0.6) is 0 Å². The number of nitrogens with one attached hydrogen (secondary N) is 2. The number of piperidine rings is 1. The molecule has 1 aliphatic rings. The van der Waals surface area contributed by atoms with Crippen LogP contribution >= 0.6 is 11.6 Å². The summed E-state index contributed by atoms with van der Waals surface area (Å²) in [5.41, 5.74) is 1.60. The molecule has 2 aromatic heterocycles. The predicted molar refractivity (Wildman–Crippen MR) is 142 cm³/mol. The average molecular weight is 542 g/mol. The zero-order chi connectivity index (χ0) is 26.4. The zero-order valence-electron chi connectivity index (χ0n) is 20.4. The van der Waals surface area contributed by atoms with E-state index in [9.17, 15) is 18.0 Å². The predicted octanol–water partition coefficient (Wildman–Crippen LogP) is 3.71. The smallest absolute Gasteiger partial charge is 0.255 e. The molecule has 0 atom stereocenters. The van der Waals surface area contributed by atoms with Crippen LogP contribution in [0.2, 0.25) is 5.02 Å². The van der Waals surface area contributed by atoms with E-state index < -0.39 is 15.7 Å². The Morgan fingerprint density at radius 1 is 1.11 bits per heavy atom. The normalized spacial score (nSPS) is 14.3. The Morgan fingerprint density at radius 3 is 2.57 bits per heavy atom. The minimum absolute atomic E-state index is 0.00703. The quantitative estimate of drug-likeness (QED) is 0.446. The van der Waals surface area contributed by atoms with E-state index >= 15 is 0 Å². The number of sulfone groups is 1. The van der Waals surface area contributed by atoms with Crippen LogP contribution in [0.4, 0.5) is 11.5 Å². The lowest BCUT2D eigenvalue weighted by atomic mass is 9.93. The molecule has 0 aliphatic carbocycles. The first kappa shape index (κ1) is 26.6. The van der Waals surface area contributed by atoms with Gasteiger partial charge < -0.3 is 15.5 Å². The number of hydrogen-bond acceptors (Lipinski definition) is 7. The molecule has 1 fully saturated rings. The lowest BCUT2D eigenvalue weighted by molar-refractivity contribution is -0.122. The van der Waals surface area contributed by atoms with Crippen molar-refractivity contribution < 1.29 is 18.0 Å². The maximum absolute atomic E-state index is 12.9. The second kappa shape index (κ2) is 11.7. The van der Waals surface area contributed by atoms with Gasteiger partial charge in [0, 0.05) is 61.5 Å². The second-order valence-corrected chi connectivity index (χ2v) is 11.5. The summed E-state index contributed by atoms with van der Waals surface area (Å²) in [4.78, 5) is 35.8. The van der Waals surface area contributed by atoms with E-state index in [0.29, 0.717) is 48.1 Å². The number of amides is 2. The van der Waals surface area contributed by atoms with Gasteiger partial charge in [-0.15, -0.1) is 0 Å². The van der Waals surface area contributed by atoms with Crippen molar-refractivity contribution in [3.05, 3.63) is 77.2 Å². The van der Waals surface area contributed by atoms with E-state index in [2.05, 4.69) is 20.6 Å². The summed E-state index contributed by atoms with van der Waals surface area (Å²) in [6, 6.07) is 11.7. The van der Waals surface area contributed by atoms with Crippen molar-refractivity contribution in [2.75, 3.05) is 29.6 Å². The molecule has 2 N–H and O–H groups in total. The van der Waals surface area contributed by atoms with Crippen LogP contribution in [0.1, 0.15) is 35.2 Å². The van der Waals surface area contributed by atoms with Gasteiger partial charge in [0.05, 0.1) is 10.6 Å². The van der Waals surface area contributed by atoms with Crippen molar-refractivity contribution in [1.82, 2.24) is 15.3 Å². The zero-order valence-corrected chi connectivity index (χ0v) is 21.9. The van der Waals surface area contributed by atoms with Crippen molar-refractivity contribution >= 4 is 44.8 Å². The Balaban J connectivity index is 1.42. The molecule has 0 saturated carbocycles. The third kappa shape index (κ3) is 7.27. The summed E-state index contributed by atoms with van der Waals surface area (Å²) in [5, 5.41) is 6.16. The molecule has 1 aromatic carbocycles. The van der Waals surface area contributed by atoms with Crippen molar-refractivity contribution in [2.24, 2.45) is 5.92 Å². The monoisotopic (exact) mass is 541 g/mol. The molecule has 11 heteroatoms. The third-order valence-electron chi connectivity index (χ3n) is 6.21. The molecule has 0 bridgehead atoms. The van der Waals surface area contributed by atoms with Gasteiger partial charge in [-0.05, 0) is 54.7 Å². The SMILES string of the molecule is CS(=O)(=O)c1cnc(N2CCC(CC(=O)NCc3cccnc3)CC2)c(NC(=O)c2cccc(Cl)c2)c1. The standard InChI is InChI=1S/C26H28ClN5O4S/c1-37(35,36)22-14-23(31-26(34)20-5-2-6-21(27)13-20)25(30-17-22)32-10-7-18(8-11-32)12-24(33)29-16-19-4-3-9-28-15-19/h2-6,9,13-15,17-18H,7-8,10-12,16H2,1H3,(H,29,33)(H,31,34). The fourth-order valence-electron chi connectivity index (χ4n) is 4.20. The Morgan fingerprint density at radius 2 is 1.89 bits per heavy atom. The van der Waals surface area contributed by atoms with Crippen molar-refractivity contribution in [1.29, 1.82) is 0 Å². The molecule has 1 saturated heterocycles. The Hall–Kier alpha value is -3.50. The van der Waals surface area contributed by atoms with Crippen LogP contribution in [-0.2, 0) is 21.2 Å². The molecule has 3 heterocycles. The van der Waals surface area contributed by atoms with Gasteiger partial charge in [0.1, 0.15) is 0 Å². The number of carbonyl (C=O) groups is 2. The summed E-state index contributed by atoms with van der Waals surface area (Å²) in [5.74, 6) is 0.274. The first-order valence-corrected chi connectivity index (χ1v) is 14.1. The van der Waals surface area contributed by atoms with E-state index in [1.165, 1.54) is 18.3 Å². The molecule has 9 nitrogen and oxygen atoms in total. The van der Waals surface area contributed by atoms with Crippen LogP contribution in [0.3, 0.4) is 0 Å². The summed E-state index contributed by atoms with van der Waals surface area (Å²) in [7, 11) is -3.53. The van der Waals surface area contributed by atoms with Crippen LogP contribution in [-0.4, -0.2) is 49.5 Å². The van der Waals surface area contributed by atoms with Gasteiger partial charge in [0.15, 0.2) is 15.7 Å². The molecule has 4 rings (SSSR count). The average Bonchev–Trinajstić information content (AvgIpc) is 2.88. The van der Waals surface area contributed by atoms with Crippen LogP contribution in [0, 0.1) is 5.92 Å². The van der Waals surface area contributed by atoms with E-state index in [-0.39, 0.29) is 16.7 Å². The van der Waals surface area contributed by atoms with Gasteiger partial charge in [-0.2, -0.15) is 0 Å². The minimum atomic E-state index is -3.53. The number of hydrogen-bond donors (Lipinski definition) is 2. The first-order chi connectivity index (χ1) is 17.7. The highest BCUT2D eigenvalue weighted by molar-refractivity contribution is 7.90. The molecule has 37 heavy (non-hydrogen) atoms. The van der Waals surface area contributed by atoms with E-state index in [0.717, 1.165) is 24.7 Å². The first-order valence-electron chi connectivity index (χ1n) is 11.9. The molecule has 0 radical (unpaired) electrons. The number of nitrogens with zero attached hydrogens (tertiary/aromatic N) is 3. The molecular weight excluding hydrogens is 514 g/mol. The highest BCUT2D eigenvalue weighted by atomic mass is 35.5. The van der Waals surface area contributed by atoms with E-state index in [1.807, 2.05) is 17.0 Å². The molecule has 0 unspecified atom stereocenters. The van der Waals surface area contributed by atoms with Gasteiger partial charge in [0.25, 0.3) is 5.91 Å². The molecule has 2 amide bonds. The molecule has 1 aliphatic heterocycles. The number of aromatic nitrogens is 2. The highest BCUT2D eigenvalue weighted by Gasteiger charge is 2.25. The Labute approximate surface area is 221 Å². The Bertz CT molecular complexity index is 1380. The van der Waals surface area contributed by atoms with Gasteiger partial charge in [-0.3, -0.25) is 14.6 Å². The minimum Gasteiger partial charge on any atom is -0.355 e. The summed E-state index contributed by atoms with van der Waals surface area (Å²) in [6.07, 6.45) is 7.76. The van der Waals surface area contributed by atoms with E-state index in [1.54, 1.807) is 30.6 Å². The van der Waals surface area contributed by atoms with Crippen molar-refractivity contribution in [3.8, 4) is 0 Å². The maximum Gasteiger partial charge on any atom is 0.255 e. The van der Waals surface area contributed by atoms with E-state index in [4.69, 9.17) is 11.6 Å². The largest absolute Gasteiger partial charge is 0.355 e. The van der Waals surface area contributed by atoms with Gasteiger partial charge in [0.2, 0.25) is 5.91 Å². The lowest BCUT2D eigenvalue weighted by Gasteiger charge is -2.33. The van der Waals surface area contributed by atoms with Gasteiger partial charge >= 0.3 is 0 Å². The van der Waals surface area contributed by atoms with Gasteiger partial charge in [-0.25, -0.2) is 13.4 Å². The van der Waals surface area contributed by atoms with Gasteiger partial charge in [-0.1, -0.05) is 23.7 Å². The number of halogens is 1. The number of carbonyl (C=O) groups excluding carboxylic acids is 2. The summed E-state index contributed by atoms with van der Waals surface area (Å²) >= 11 is 6.02. The fourth-order valence-corrected chi connectivity index (χ4v) is 4.96. The van der Waals surface area contributed by atoms with Crippen molar-refractivity contribution in [2.45, 2.75) is 30.7 Å². The summed E-state index contributed by atoms with van der Waals surface area (Å²) in [6.45, 7) is 1.68. The number of rotatable bonds is 8. The van der Waals surface area contributed by atoms with Crippen LogP contribution in [0.15, 0.2) is 66.0 Å². The maximum atomic E-state index is 12.9. The van der Waals surface area contributed by atoms with Crippen molar-refractivity contribution in [3.63, 3.8) is 0 Å². The Kier molecular flexibility index (Phi) is 8.40. The third-order valence-corrected chi connectivity index (χ3v) is 7.52. The number of pyridine rings is 2.